The third-order valence-corrected chi connectivity index (χ3v) is 4.62. The first-order valence-electron chi connectivity index (χ1n) is 7.81. The maximum Gasteiger partial charge on any atom is 0.239 e. The number of thioether (sulfide) groups is 1. The van der Waals surface area contributed by atoms with E-state index >= 15 is 0 Å². The minimum Gasteiger partial charge on any atom is -0.485 e. The van der Waals surface area contributed by atoms with Crippen molar-refractivity contribution < 1.29 is 23.5 Å². The summed E-state index contributed by atoms with van der Waals surface area (Å²) in [6.07, 6.45) is 2.62. The fraction of sp³-hybridized carbons (Fsp3) is 0.211. The van der Waals surface area contributed by atoms with E-state index in [2.05, 4.69) is 5.32 Å². The zero-order valence-corrected chi connectivity index (χ0v) is 14.9. The first kappa shape index (κ1) is 19.7. The molecule has 0 saturated carbocycles. The fourth-order valence-electron chi connectivity index (χ4n) is 2.28. The Morgan fingerprint density at radius 1 is 1.19 bits per heavy atom. The van der Waals surface area contributed by atoms with Crippen LogP contribution in [-0.2, 0) is 16.0 Å². The second-order valence-electron chi connectivity index (χ2n) is 5.39. The van der Waals surface area contributed by atoms with Crippen molar-refractivity contribution in [2.45, 2.75) is 11.7 Å². The number of carbonyl (C=O) groups excluding carboxylic acids is 3. The van der Waals surface area contributed by atoms with Crippen molar-refractivity contribution in [1.82, 2.24) is 5.32 Å². The highest BCUT2D eigenvalue weighted by molar-refractivity contribution is 7.99. The van der Waals surface area contributed by atoms with Crippen LogP contribution in [0.3, 0.4) is 0 Å². The van der Waals surface area contributed by atoms with Crippen LogP contribution in [0.15, 0.2) is 48.5 Å². The number of nitrogens with one attached hydrogen (secondary N) is 1. The van der Waals surface area contributed by atoms with Crippen LogP contribution in [0.5, 0.6) is 5.75 Å². The van der Waals surface area contributed by atoms with Crippen LogP contribution >= 0.6 is 11.8 Å². The van der Waals surface area contributed by atoms with E-state index in [1.54, 1.807) is 36.6 Å². The molecule has 5 nitrogen and oxygen atoms in total. The number of rotatable bonds is 9. The average molecular weight is 375 g/mol. The quantitative estimate of drug-likeness (QED) is 0.539. The summed E-state index contributed by atoms with van der Waals surface area (Å²) < 4.78 is 19.0. The van der Waals surface area contributed by atoms with Gasteiger partial charge in [0.15, 0.2) is 6.61 Å². The standard InChI is InChI=1S/C19H18FNO4S/c1-26-18(19(24)21-12-22)10-13-6-8-14(9-7-13)25-11-17(23)15-4-2-3-5-16(15)20/h2-9,12,18H,10-11H2,1H3,(H,21,22,24). The number of hydrogen-bond acceptors (Lipinski definition) is 5. The molecule has 1 N–H and O–H groups in total. The lowest BCUT2D eigenvalue weighted by atomic mass is 10.1. The van der Waals surface area contributed by atoms with E-state index in [0.717, 1.165) is 5.56 Å². The zero-order valence-electron chi connectivity index (χ0n) is 14.1. The molecule has 2 aromatic rings. The van der Waals surface area contributed by atoms with Crippen molar-refractivity contribution in [3.63, 3.8) is 0 Å². The van der Waals surface area contributed by atoms with Crippen LogP contribution < -0.4 is 10.1 Å². The predicted molar refractivity (Wildman–Crippen MR) is 97.9 cm³/mol. The lowest BCUT2D eigenvalue weighted by molar-refractivity contribution is -0.124. The molecule has 0 aliphatic heterocycles. The van der Waals surface area contributed by atoms with Crippen molar-refractivity contribution in [1.29, 1.82) is 0 Å². The van der Waals surface area contributed by atoms with Crippen molar-refractivity contribution >= 4 is 29.9 Å². The number of ether oxygens (including phenoxy) is 1. The molecule has 1 unspecified atom stereocenters. The lowest BCUT2D eigenvalue weighted by Crippen LogP contribution is -2.32. The van der Waals surface area contributed by atoms with E-state index in [0.29, 0.717) is 18.6 Å². The largest absolute Gasteiger partial charge is 0.485 e. The summed E-state index contributed by atoms with van der Waals surface area (Å²) in [5.41, 5.74) is 0.881. The average Bonchev–Trinajstić information content (AvgIpc) is 2.65. The maximum atomic E-state index is 13.6. The van der Waals surface area contributed by atoms with Gasteiger partial charge in [-0.25, -0.2) is 4.39 Å². The molecule has 2 aromatic carbocycles. The van der Waals surface area contributed by atoms with Gasteiger partial charge in [0.2, 0.25) is 18.1 Å². The molecule has 0 heterocycles. The number of benzene rings is 2. The van der Waals surface area contributed by atoms with Gasteiger partial charge >= 0.3 is 0 Å². The SMILES string of the molecule is CSC(Cc1ccc(OCC(=O)c2ccccc2F)cc1)C(=O)NC=O. The van der Waals surface area contributed by atoms with Gasteiger partial charge in [0, 0.05) is 0 Å². The highest BCUT2D eigenvalue weighted by Crippen LogP contribution is 2.18. The van der Waals surface area contributed by atoms with Gasteiger partial charge in [-0.3, -0.25) is 19.7 Å². The Bertz CT molecular complexity index is 779. The molecule has 0 fully saturated rings. The van der Waals surface area contributed by atoms with Gasteiger partial charge in [-0.1, -0.05) is 24.3 Å². The molecule has 136 valence electrons. The molecule has 0 aliphatic carbocycles. The summed E-state index contributed by atoms with van der Waals surface area (Å²) in [6.45, 7) is -0.268. The van der Waals surface area contributed by atoms with E-state index in [-0.39, 0.29) is 23.3 Å². The Labute approximate surface area is 154 Å². The molecule has 0 aliphatic rings. The van der Waals surface area contributed by atoms with Crippen molar-refractivity contribution in [3.05, 3.63) is 65.5 Å². The number of imide groups is 1. The van der Waals surface area contributed by atoms with Gasteiger partial charge in [-0.2, -0.15) is 11.8 Å². The summed E-state index contributed by atoms with van der Waals surface area (Å²) in [6, 6.07) is 12.7. The smallest absolute Gasteiger partial charge is 0.239 e. The van der Waals surface area contributed by atoms with E-state index in [1.807, 2.05) is 0 Å². The second kappa shape index (κ2) is 9.72. The topological polar surface area (TPSA) is 72.5 Å². The van der Waals surface area contributed by atoms with Crippen molar-refractivity contribution in [2.24, 2.45) is 0 Å². The third kappa shape index (κ3) is 5.42. The summed E-state index contributed by atoms with van der Waals surface area (Å²) in [4.78, 5) is 34.1. The minimum atomic E-state index is -0.576. The van der Waals surface area contributed by atoms with E-state index in [4.69, 9.17) is 4.74 Å². The monoisotopic (exact) mass is 375 g/mol. The molecule has 0 spiro atoms. The number of ketones is 1. The fourth-order valence-corrected chi connectivity index (χ4v) is 2.93. The molecule has 2 rings (SSSR count). The van der Waals surface area contributed by atoms with Crippen LogP contribution in [0.25, 0.3) is 0 Å². The first-order chi connectivity index (χ1) is 12.5. The van der Waals surface area contributed by atoms with Gasteiger partial charge < -0.3 is 4.74 Å². The second-order valence-corrected chi connectivity index (χ2v) is 6.43. The van der Waals surface area contributed by atoms with E-state index in [1.165, 1.54) is 30.0 Å². The van der Waals surface area contributed by atoms with Gasteiger partial charge in [-0.15, -0.1) is 0 Å². The molecular weight excluding hydrogens is 357 g/mol. The Kier molecular flexibility index (Phi) is 7.35. The Balaban J connectivity index is 1.93. The number of Topliss-reactive ketones (excluding diaryl/α,β-unsaturated/α-hetero) is 1. The Morgan fingerprint density at radius 2 is 1.88 bits per heavy atom. The van der Waals surface area contributed by atoms with Gasteiger partial charge in [0.25, 0.3) is 0 Å². The molecule has 2 amide bonds. The number of halogens is 1. The molecule has 7 heteroatoms. The summed E-state index contributed by atoms with van der Waals surface area (Å²) in [5, 5.41) is 1.77. The number of amides is 2. The lowest BCUT2D eigenvalue weighted by Gasteiger charge is -2.13. The van der Waals surface area contributed by atoms with Crippen molar-refractivity contribution in [2.75, 3.05) is 12.9 Å². The van der Waals surface area contributed by atoms with Gasteiger partial charge in [0.1, 0.15) is 11.6 Å². The summed E-state index contributed by atoms with van der Waals surface area (Å²) in [7, 11) is 0. The van der Waals surface area contributed by atoms with E-state index < -0.39 is 11.6 Å². The van der Waals surface area contributed by atoms with E-state index in [9.17, 15) is 18.8 Å². The Hall–Kier alpha value is -2.67. The normalized spacial score (nSPS) is 11.5. The molecule has 0 saturated heterocycles. The van der Waals surface area contributed by atoms with Crippen LogP contribution in [0.2, 0.25) is 0 Å². The van der Waals surface area contributed by atoms with Crippen LogP contribution in [-0.4, -0.2) is 36.2 Å². The molecule has 0 bridgehead atoms. The highest BCUT2D eigenvalue weighted by Gasteiger charge is 2.17. The van der Waals surface area contributed by atoms with Gasteiger partial charge in [-0.05, 0) is 42.5 Å². The molecule has 1 atom stereocenters. The Morgan fingerprint density at radius 3 is 2.50 bits per heavy atom. The first-order valence-corrected chi connectivity index (χ1v) is 9.10. The zero-order chi connectivity index (χ0) is 18.9. The van der Waals surface area contributed by atoms with Gasteiger partial charge in [0.05, 0.1) is 10.8 Å². The minimum absolute atomic E-state index is 0.00637. The summed E-state index contributed by atoms with van der Waals surface area (Å²) >= 11 is 1.35. The van der Waals surface area contributed by atoms with Crippen LogP contribution in [0.4, 0.5) is 4.39 Å². The van der Waals surface area contributed by atoms with Crippen LogP contribution in [0.1, 0.15) is 15.9 Å². The summed E-state index contributed by atoms with van der Waals surface area (Å²) in [5.74, 6) is -0.895. The third-order valence-electron chi connectivity index (χ3n) is 3.67. The molecule has 0 radical (unpaired) electrons. The molecule has 0 aromatic heterocycles. The molecule has 26 heavy (non-hydrogen) atoms. The predicted octanol–water partition coefficient (Wildman–Crippen LogP) is 2.63. The maximum absolute atomic E-state index is 13.6. The van der Waals surface area contributed by atoms with Crippen molar-refractivity contribution in [3.8, 4) is 5.75 Å². The highest BCUT2D eigenvalue weighted by atomic mass is 32.2. The van der Waals surface area contributed by atoms with Crippen LogP contribution in [0, 0.1) is 5.82 Å². The molecular formula is C19H18FNO4S. The number of hydrogen-bond donors (Lipinski definition) is 1. The number of carbonyl (C=O) groups is 3.